The van der Waals surface area contributed by atoms with Gasteiger partial charge in [-0.15, -0.1) is 0 Å². The minimum absolute atomic E-state index is 0.293. The standard InChI is InChI=1S/C57H40F3N3/c1-32-22-33(24-35(23-32)57(58,59)60)34-25-51(62-49-20-12-8-16-38(49)42-27-40-36-14-6-10-18-45(36)55(2,3)47(40)29-53(42)62)44(31-61)52(26-34)63-50-21-13-9-17-39(50)43-28-41-37-15-7-11-19-46(37)56(4,5)48(41)30-54(43)63/h6-30H,1-5H3. The number of aromatic nitrogens is 2. The normalized spacial score (nSPS) is 14.6. The molecule has 2 aliphatic carbocycles. The Morgan fingerprint density at radius 1 is 0.460 bits per heavy atom. The van der Waals surface area contributed by atoms with Crippen molar-refractivity contribution in [2.24, 2.45) is 0 Å². The molecule has 2 aromatic heterocycles. The number of fused-ring (bicyclic) bond motifs is 12. The van der Waals surface area contributed by atoms with Gasteiger partial charge < -0.3 is 9.13 Å². The van der Waals surface area contributed by atoms with Crippen LogP contribution in [0.2, 0.25) is 0 Å². The average molecular weight is 824 g/mol. The summed E-state index contributed by atoms with van der Waals surface area (Å²) in [4.78, 5) is 0. The average Bonchev–Trinajstić information content (AvgIpc) is 3.92. The van der Waals surface area contributed by atoms with Crippen molar-refractivity contribution < 1.29 is 13.2 Å². The summed E-state index contributed by atoms with van der Waals surface area (Å²) >= 11 is 0. The monoisotopic (exact) mass is 823 g/mol. The zero-order valence-corrected chi connectivity index (χ0v) is 35.4. The Labute approximate surface area is 362 Å². The van der Waals surface area contributed by atoms with Crippen LogP contribution in [0.25, 0.3) is 88.4 Å². The van der Waals surface area contributed by atoms with Gasteiger partial charge in [0.25, 0.3) is 0 Å². The van der Waals surface area contributed by atoms with Crippen LogP contribution in [-0.2, 0) is 17.0 Å². The van der Waals surface area contributed by atoms with Crippen LogP contribution in [0.15, 0.2) is 152 Å². The molecule has 0 fully saturated rings. The number of aryl methyl sites for hydroxylation is 1. The third-order valence-corrected chi connectivity index (χ3v) is 14.2. The fourth-order valence-electron chi connectivity index (χ4n) is 11.2. The van der Waals surface area contributed by atoms with E-state index in [1.165, 1.54) is 56.6 Å². The number of nitrogens with zero attached hydrogens (tertiary/aromatic N) is 3. The lowest BCUT2D eigenvalue weighted by molar-refractivity contribution is -0.137. The predicted octanol–water partition coefficient (Wildman–Crippen LogP) is 15.4. The fraction of sp³-hybridized carbons (Fsp3) is 0.140. The predicted molar refractivity (Wildman–Crippen MR) is 250 cm³/mol. The molecule has 0 saturated heterocycles. The number of nitriles is 1. The largest absolute Gasteiger partial charge is 0.416 e. The first-order valence-electron chi connectivity index (χ1n) is 21.4. The quantitative estimate of drug-likeness (QED) is 0.175. The molecular weight excluding hydrogens is 784 g/mol. The van der Waals surface area contributed by atoms with E-state index in [1.54, 1.807) is 13.0 Å². The van der Waals surface area contributed by atoms with Gasteiger partial charge in [0.05, 0.1) is 39.0 Å². The van der Waals surface area contributed by atoms with E-state index in [-0.39, 0.29) is 10.8 Å². The molecule has 6 heteroatoms. The third kappa shape index (κ3) is 5.08. The SMILES string of the molecule is Cc1cc(-c2cc(-n3c4ccccc4c4cc5c(cc43)C(C)(C)c3ccccc3-5)c(C#N)c(-n3c4ccccc4c4cc5c(cc43)C(C)(C)c3ccccc3-5)c2)cc(C(F)(F)F)c1. The zero-order valence-electron chi connectivity index (χ0n) is 35.4. The van der Waals surface area contributed by atoms with E-state index in [4.69, 9.17) is 0 Å². The second-order valence-electron chi connectivity index (χ2n) is 18.5. The lowest BCUT2D eigenvalue weighted by atomic mass is 9.82. The van der Waals surface area contributed by atoms with Crippen LogP contribution in [0, 0.1) is 18.3 Å². The lowest BCUT2D eigenvalue weighted by Gasteiger charge is -2.23. The Morgan fingerprint density at radius 3 is 1.38 bits per heavy atom. The minimum atomic E-state index is -4.55. The first-order chi connectivity index (χ1) is 30.3. The van der Waals surface area contributed by atoms with E-state index in [2.05, 4.69) is 140 Å². The molecule has 0 spiro atoms. The molecule has 0 aliphatic heterocycles. The molecule has 2 heterocycles. The minimum Gasteiger partial charge on any atom is -0.308 e. The van der Waals surface area contributed by atoms with Crippen molar-refractivity contribution in [3.63, 3.8) is 0 Å². The number of para-hydroxylation sites is 2. The van der Waals surface area contributed by atoms with Gasteiger partial charge in [0.2, 0.25) is 0 Å². The van der Waals surface area contributed by atoms with Gasteiger partial charge in [-0.1, -0.05) is 119 Å². The Bertz CT molecular complexity index is 3500. The van der Waals surface area contributed by atoms with E-state index < -0.39 is 11.7 Å². The highest BCUT2D eigenvalue weighted by atomic mass is 19.4. The number of rotatable bonds is 3. The van der Waals surface area contributed by atoms with Crippen LogP contribution in [0.3, 0.4) is 0 Å². The summed E-state index contributed by atoms with van der Waals surface area (Å²) < 4.78 is 48.1. The Hall–Kier alpha value is -7.36. The fourth-order valence-corrected chi connectivity index (χ4v) is 11.2. The molecule has 0 amide bonds. The topological polar surface area (TPSA) is 33.6 Å². The molecule has 8 aromatic carbocycles. The van der Waals surface area contributed by atoms with Crippen molar-refractivity contribution in [3.8, 4) is 50.8 Å². The van der Waals surface area contributed by atoms with Crippen molar-refractivity contribution in [1.29, 1.82) is 5.26 Å². The van der Waals surface area contributed by atoms with E-state index in [0.717, 1.165) is 43.6 Å². The summed E-state index contributed by atoms with van der Waals surface area (Å²) in [6.45, 7) is 10.7. The molecule has 2 aliphatic rings. The first kappa shape index (κ1) is 37.4. The molecule has 0 atom stereocenters. The van der Waals surface area contributed by atoms with Crippen molar-refractivity contribution in [3.05, 3.63) is 191 Å². The lowest BCUT2D eigenvalue weighted by Crippen LogP contribution is -2.15. The molecule has 0 unspecified atom stereocenters. The highest BCUT2D eigenvalue weighted by Gasteiger charge is 2.38. The molecule has 0 radical (unpaired) electrons. The van der Waals surface area contributed by atoms with E-state index in [1.807, 2.05) is 36.4 Å². The van der Waals surface area contributed by atoms with Crippen molar-refractivity contribution in [1.82, 2.24) is 9.13 Å². The Balaban J connectivity index is 1.23. The van der Waals surface area contributed by atoms with E-state index in [9.17, 15) is 18.4 Å². The van der Waals surface area contributed by atoms with E-state index >= 15 is 0 Å². The highest BCUT2D eigenvalue weighted by molar-refractivity contribution is 6.14. The van der Waals surface area contributed by atoms with Gasteiger partial charge in [0, 0.05) is 32.4 Å². The second kappa shape index (κ2) is 12.6. The maximum atomic E-state index is 14.6. The highest BCUT2D eigenvalue weighted by Crippen LogP contribution is 2.53. The van der Waals surface area contributed by atoms with Gasteiger partial charge in [-0.3, -0.25) is 0 Å². The molecule has 0 bridgehead atoms. The van der Waals surface area contributed by atoms with Crippen LogP contribution in [0.4, 0.5) is 13.2 Å². The van der Waals surface area contributed by atoms with Crippen LogP contribution in [-0.4, -0.2) is 9.13 Å². The van der Waals surface area contributed by atoms with Gasteiger partial charge in [-0.2, -0.15) is 18.4 Å². The van der Waals surface area contributed by atoms with Crippen molar-refractivity contribution >= 4 is 43.6 Å². The Kier molecular flexibility index (Phi) is 7.49. The van der Waals surface area contributed by atoms with Gasteiger partial charge >= 0.3 is 6.18 Å². The van der Waals surface area contributed by atoms with Crippen LogP contribution in [0.5, 0.6) is 0 Å². The molecule has 304 valence electrons. The number of hydrogen-bond donors (Lipinski definition) is 0. The third-order valence-electron chi connectivity index (χ3n) is 14.2. The summed E-state index contributed by atoms with van der Waals surface area (Å²) in [5.74, 6) is 0. The zero-order chi connectivity index (χ0) is 43.3. The molecular formula is C57H40F3N3. The van der Waals surface area contributed by atoms with Gasteiger partial charge in [0.15, 0.2) is 0 Å². The summed E-state index contributed by atoms with van der Waals surface area (Å²) in [5, 5.41) is 15.8. The Morgan fingerprint density at radius 2 is 0.905 bits per heavy atom. The van der Waals surface area contributed by atoms with Crippen molar-refractivity contribution in [2.75, 3.05) is 0 Å². The summed E-state index contributed by atoms with van der Waals surface area (Å²) in [5.41, 5.74) is 15.1. The van der Waals surface area contributed by atoms with Gasteiger partial charge in [-0.05, 0) is 129 Å². The van der Waals surface area contributed by atoms with Gasteiger partial charge in [0.1, 0.15) is 11.6 Å². The summed E-state index contributed by atoms with van der Waals surface area (Å²) in [6.07, 6.45) is -4.55. The van der Waals surface area contributed by atoms with Gasteiger partial charge in [-0.25, -0.2) is 0 Å². The second-order valence-corrected chi connectivity index (χ2v) is 18.5. The number of alkyl halides is 3. The first-order valence-corrected chi connectivity index (χ1v) is 21.4. The maximum Gasteiger partial charge on any atom is 0.416 e. The molecule has 10 aromatic rings. The van der Waals surface area contributed by atoms with Crippen LogP contribution < -0.4 is 0 Å². The van der Waals surface area contributed by atoms with Crippen LogP contribution >= 0.6 is 0 Å². The summed E-state index contributed by atoms with van der Waals surface area (Å²) in [7, 11) is 0. The number of halogens is 3. The molecule has 0 N–H and O–H groups in total. The smallest absolute Gasteiger partial charge is 0.308 e. The number of benzene rings is 8. The summed E-state index contributed by atoms with van der Waals surface area (Å²) in [6, 6.07) is 53.5. The van der Waals surface area contributed by atoms with Crippen molar-refractivity contribution in [2.45, 2.75) is 51.6 Å². The molecule has 12 rings (SSSR count). The molecule has 3 nitrogen and oxygen atoms in total. The molecule has 0 saturated carbocycles. The van der Waals surface area contributed by atoms with E-state index in [0.29, 0.717) is 33.6 Å². The maximum absolute atomic E-state index is 14.6. The van der Waals surface area contributed by atoms with Crippen LogP contribution in [0.1, 0.15) is 66.6 Å². The molecule has 63 heavy (non-hydrogen) atoms. The number of hydrogen-bond acceptors (Lipinski definition) is 1.